The van der Waals surface area contributed by atoms with Crippen LogP contribution in [0.1, 0.15) is 66.2 Å². The van der Waals surface area contributed by atoms with Gasteiger partial charge in [0.25, 0.3) is 0 Å². The third-order valence-corrected chi connectivity index (χ3v) is 5.61. The Labute approximate surface area is 126 Å². The molecule has 1 aliphatic heterocycles. The number of hydrogen-bond donors (Lipinski definition) is 1. The van der Waals surface area contributed by atoms with Crippen LogP contribution in [0.15, 0.2) is 0 Å². The van der Waals surface area contributed by atoms with Gasteiger partial charge < -0.3 is 5.32 Å². The van der Waals surface area contributed by atoms with Crippen LogP contribution in [0.25, 0.3) is 0 Å². The molecule has 1 aliphatic carbocycles. The van der Waals surface area contributed by atoms with Crippen molar-refractivity contribution < 1.29 is 0 Å². The summed E-state index contributed by atoms with van der Waals surface area (Å²) < 4.78 is 0. The normalized spacial score (nSPS) is 31.1. The van der Waals surface area contributed by atoms with Crippen molar-refractivity contribution in [2.45, 2.75) is 78.3 Å². The summed E-state index contributed by atoms with van der Waals surface area (Å²) in [5.74, 6) is 2.61. The SMILES string of the molecule is CCC(C)C1CN(CC2CCCC2)C(CC(C)C)CN1. The van der Waals surface area contributed by atoms with E-state index in [0.29, 0.717) is 6.04 Å². The van der Waals surface area contributed by atoms with Crippen LogP contribution in [0.4, 0.5) is 0 Å². The van der Waals surface area contributed by atoms with E-state index in [0.717, 1.165) is 23.8 Å². The summed E-state index contributed by atoms with van der Waals surface area (Å²) in [6.07, 6.45) is 8.55. The Morgan fingerprint density at radius 1 is 1.15 bits per heavy atom. The Balaban J connectivity index is 1.94. The van der Waals surface area contributed by atoms with Crippen LogP contribution >= 0.6 is 0 Å². The van der Waals surface area contributed by atoms with Gasteiger partial charge in [-0.05, 0) is 37.0 Å². The van der Waals surface area contributed by atoms with Crippen LogP contribution in [0.2, 0.25) is 0 Å². The zero-order valence-electron chi connectivity index (χ0n) is 14.2. The lowest BCUT2D eigenvalue weighted by Gasteiger charge is -2.44. The summed E-state index contributed by atoms with van der Waals surface area (Å²) in [5, 5.41) is 3.84. The fourth-order valence-corrected chi connectivity index (χ4v) is 4.07. The Morgan fingerprint density at radius 2 is 1.85 bits per heavy atom. The van der Waals surface area contributed by atoms with Crippen LogP contribution in [-0.4, -0.2) is 36.6 Å². The van der Waals surface area contributed by atoms with Crippen molar-refractivity contribution in [3.05, 3.63) is 0 Å². The van der Waals surface area contributed by atoms with Gasteiger partial charge in [-0.15, -0.1) is 0 Å². The molecular formula is C18H36N2. The maximum absolute atomic E-state index is 3.84. The molecule has 118 valence electrons. The van der Waals surface area contributed by atoms with Crippen LogP contribution in [0, 0.1) is 17.8 Å². The quantitative estimate of drug-likeness (QED) is 0.793. The molecule has 3 unspecified atom stereocenters. The second-order valence-corrected chi connectivity index (χ2v) is 7.79. The molecule has 0 bridgehead atoms. The molecule has 1 saturated carbocycles. The maximum Gasteiger partial charge on any atom is 0.0223 e. The van der Waals surface area contributed by atoms with E-state index in [1.54, 1.807) is 0 Å². The van der Waals surface area contributed by atoms with Crippen molar-refractivity contribution in [2.75, 3.05) is 19.6 Å². The highest BCUT2D eigenvalue weighted by Crippen LogP contribution is 2.28. The number of nitrogens with one attached hydrogen (secondary N) is 1. The molecule has 3 atom stereocenters. The molecule has 0 amide bonds. The van der Waals surface area contributed by atoms with E-state index in [1.165, 1.54) is 58.2 Å². The molecular weight excluding hydrogens is 244 g/mol. The molecule has 1 N–H and O–H groups in total. The van der Waals surface area contributed by atoms with E-state index >= 15 is 0 Å². The average Bonchev–Trinajstić information content (AvgIpc) is 2.92. The molecule has 0 aromatic rings. The van der Waals surface area contributed by atoms with Gasteiger partial charge in [-0.2, -0.15) is 0 Å². The molecule has 20 heavy (non-hydrogen) atoms. The van der Waals surface area contributed by atoms with Crippen molar-refractivity contribution >= 4 is 0 Å². The number of rotatable bonds is 6. The topological polar surface area (TPSA) is 15.3 Å². The fraction of sp³-hybridized carbons (Fsp3) is 1.00. The van der Waals surface area contributed by atoms with Gasteiger partial charge in [0.05, 0.1) is 0 Å². The van der Waals surface area contributed by atoms with Crippen molar-refractivity contribution in [2.24, 2.45) is 17.8 Å². The highest BCUT2D eigenvalue weighted by Gasteiger charge is 2.32. The highest BCUT2D eigenvalue weighted by atomic mass is 15.2. The van der Waals surface area contributed by atoms with Gasteiger partial charge in [0, 0.05) is 31.7 Å². The van der Waals surface area contributed by atoms with Crippen LogP contribution in [0.3, 0.4) is 0 Å². The first kappa shape index (κ1) is 16.3. The van der Waals surface area contributed by atoms with E-state index in [9.17, 15) is 0 Å². The maximum atomic E-state index is 3.84. The highest BCUT2D eigenvalue weighted by molar-refractivity contribution is 4.90. The van der Waals surface area contributed by atoms with Crippen molar-refractivity contribution in [1.82, 2.24) is 10.2 Å². The summed E-state index contributed by atoms with van der Waals surface area (Å²) in [4.78, 5) is 2.85. The van der Waals surface area contributed by atoms with Crippen LogP contribution < -0.4 is 5.32 Å². The molecule has 2 nitrogen and oxygen atoms in total. The third kappa shape index (κ3) is 4.46. The van der Waals surface area contributed by atoms with E-state index in [1.807, 2.05) is 0 Å². The summed E-state index contributed by atoms with van der Waals surface area (Å²) in [6, 6.07) is 1.49. The minimum Gasteiger partial charge on any atom is -0.311 e. The van der Waals surface area contributed by atoms with Gasteiger partial charge in [0.15, 0.2) is 0 Å². The molecule has 2 fully saturated rings. The van der Waals surface area contributed by atoms with Gasteiger partial charge in [-0.25, -0.2) is 0 Å². The van der Waals surface area contributed by atoms with Crippen molar-refractivity contribution in [1.29, 1.82) is 0 Å². The molecule has 2 aliphatic rings. The fourth-order valence-electron chi connectivity index (χ4n) is 4.07. The van der Waals surface area contributed by atoms with E-state index < -0.39 is 0 Å². The average molecular weight is 280 g/mol. The lowest BCUT2D eigenvalue weighted by atomic mass is 9.92. The van der Waals surface area contributed by atoms with Gasteiger partial charge >= 0.3 is 0 Å². The van der Waals surface area contributed by atoms with Gasteiger partial charge in [0.1, 0.15) is 0 Å². The van der Waals surface area contributed by atoms with Crippen LogP contribution in [-0.2, 0) is 0 Å². The van der Waals surface area contributed by atoms with E-state index in [-0.39, 0.29) is 0 Å². The Morgan fingerprint density at radius 3 is 2.45 bits per heavy atom. The predicted octanol–water partition coefficient (Wildman–Crippen LogP) is 3.91. The monoisotopic (exact) mass is 280 g/mol. The molecule has 2 heteroatoms. The third-order valence-electron chi connectivity index (χ3n) is 5.61. The smallest absolute Gasteiger partial charge is 0.0223 e. The van der Waals surface area contributed by atoms with Crippen molar-refractivity contribution in [3.63, 3.8) is 0 Å². The number of nitrogens with zero attached hydrogens (tertiary/aromatic N) is 1. The molecule has 2 rings (SSSR count). The number of hydrogen-bond acceptors (Lipinski definition) is 2. The molecule has 0 radical (unpaired) electrons. The standard InChI is InChI=1S/C18H36N2/c1-5-15(4)18-13-20(12-16-8-6-7-9-16)17(11-19-18)10-14(2)3/h14-19H,5-13H2,1-4H3. The van der Waals surface area contributed by atoms with E-state index in [4.69, 9.17) is 0 Å². The lowest BCUT2D eigenvalue weighted by molar-refractivity contribution is 0.0807. The molecule has 1 heterocycles. The summed E-state index contributed by atoms with van der Waals surface area (Å²) >= 11 is 0. The molecule has 0 spiro atoms. The second-order valence-electron chi connectivity index (χ2n) is 7.79. The second kappa shape index (κ2) is 7.79. The minimum absolute atomic E-state index is 0.713. The predicted molar refractivity (Wildman–Crippen MR) is 88.0 cm³/mol. The van der Waals surface area contributed by atoms with Crippen LogP contribution in [0.5, 0.6) is 0 Å². The summed E-state index contributed by atoms with van der Waals surface area (Å²) in [6.45, 7) is 13.3. The molecule has 0 aromatic heterocycles. The lowest BCUT2D eigenvalue weighted by Crippen LogP contribution is -2.59. The molecule has 1 saturated heterocycles. The Hall–Kier alpha value is -0.0800. The van der Waals surface area contributed by atoms with Crippen molar-refractivity contribution in [3.8, 4) is 0 Å². The summed E-state index contributed by atoms with van der Waals surface area (Å²) in [5.41, 5.74) is 0. The number of piperazine rings is 1. The first-order valence-electron chi connectivity index (χ1n) is 9.07. The minimum atomic E-state index is 0.713. The van der Waals surface area contributed by atoms with E-state index in [2.05, 4.69) is 37.9 Å². The largest absolute Gasteiger partial charge is 0.311 e. The van der Waals surface area contributed by atoms with Gasteiger partial charge in [-0.1, -0.05) is 47.0 Å². The summed E-state index contributed by atoms with van der Waals surface area (Å²) in [7, 11) is 0. The Bertz CT molecular complexity index is 271. The zero-order chi connectivity index (χ0) is 14.5. The molecule has 0 aromatic carbocycles. The van der Waals surface area contributed by atoms with Gasteiger partial charge in [0.2, 0.25) is 0 Å². The van der Waals surface area contributed by atoms with Gasteiger partial charge in [-0.3, -0.25) is 4.90 Å². The zero-order valence-corrected chi connectivity index (χ0v) is 14.2. The first-order valence-corrected chi connectivity index (χ1v) is 9.07. The first-order chi connectivity index (χ1) is 9.60. The Kier molecular flexibility index (Phi) is 6.35.